The molecule has 2 atom stereocenters. The van der Waals surface area contributed by atoms with Gasteiger partial charge in [0, 0.05) is 19.5 Å². The fourth-order valence-corrected chi connectivity index (χ4v) is 5.00. The van der Waals surface area contributed by atoms with Gasteiger partial charge in [-0.2, -0.15) is 0 Å². The molecule has 3 amide bonds. The van der Waals surface area contributed by atoms with Crippen LogP contribution in [0.1, 0.15) is 103 Å². The van der Waals surface area contributed by atoms with Crippen LogP contribution < -0.4 is 10.6 Å². The van der Waals surface area contributed by atoms with Gasteiger partial charge in [-0.05, 0) is 69.4 Å². The molecule has 2 rings (SSSR count). The molecule has 10 nitrogen and oxygen atoms in total. The summed E-state index contributed by atoms with van der Waals surface area (Å²) in [6.45, 7) is 11.7. The average Bonchev–Trinajstić information content (AvgIpc) is 3.00. The first-order valence-corrected chi connectivity index (χ1v) is 16.5. The summed E-state index contributed by atoms with van der Waals surface area (Å²) in [5.41, 5.74) is 1.61. The van der Waals surface area contributed by atoms with Gasteiger partial charge in [0.25, 0.3) is 0 Å². The van der Waals surface area contributed by atoms with Crippen molar-refractivity contribution in [1.82, 2.24) is 15.5 Å². The molecule has 0 aliphatic rings. The van der Waals surface area contributed by atoms with Crippen LogP contribution in [0.5, 0.6) is 5.75 Å². The van der Waals surface area contributed by atoms with E-state index in [-0.39, 0.29) is 38.3 Å². The van der Waals surface area contributed by atoms with Crippen molar-refractivity contribution in [2.45, 2.75) is 111 Å². The first kappa shape index (κ1) is 38.1. The number of amides is 3. The minimum atomic E-state index is -1.07. The molecule has 0 spiro atoms. The van der Waals surface area contributed by atoms with Crippen molar-refractivity contribution in [2.75, 3.05) is 19.7 Å². The van der Waals surface area contributed by atoms with E-state index in [0.717, 1.165) is 37.7 Å². The lowest BCUT2D eigenvalue weighted by molar-refractivity contribution is -0.144. The minimum Gasteiger partial charge on any atom is -0.508 e. The van der Waals surface area contributed by atoms with Crippen LogP contribution >= 0.6 is 0 Å². The number of carbonyl (C=O) groups is 4. The third-order valence-corrected chi connectivity index (χ3v) is 7.35. The fourth-order valence-electron chi connectivity index (χ4n) is 5.00. The summed E-state index contributed by atoms with van der Waals surface area (Å²) >= 11 is 0. The number of esters is 1. The number of aryl methyl sites for hydroxylation is 1. The maximum Gasteiger partial charge on any atom is 0.408 e. The monoisotopic (exact) mass is 639 g/mol. The Morgan fingerprint density at radius 1 is 0.870 bits per heavy atom. The number of nitrogens with zero attached hydrogens (tertiary/aromatic N) is 1. The van der Waals surface area contributed by atoms with Crippen molar-refractivity contribution in [2.24, 2.45) is 0 Å². The Morgan fingerprint density at radius 2 is 1.50 bits per heavy atom. The van der Waals surface area contributed by atoms with E-state index in [1.165, 1.54) is 17.0 Å². The first-order valence-electron chi connectivity index (χ1n) is 16.5. The van der Waals surface area contributed by atoms with E-state index in [4.69, 9.17) is 9.47 Å². The number of phenols is 1. The van der Waals surface area contributed by atoms with Gasteiger partial charge >= 0.3 is 12.1 Å². The van der Waals surface area contributed by atoms with Gasteiger partial charge in [-0.3, -0.25) is 14.4 Å². The van der Waals surface area contributed by atoms with Crippen molar-refractivity contribution < 1.29 is 33.8 Å². The van der Waals surface area contributed by atoms with Crippen molar-refractivity contribution in [3.63, 3.8) is 0 Å². The van der Waals surface area contributed by atoms with Crippen LogP contribution in [0.25, 0.3) is 0 Å². The molecule has 2 aromatic carbocycles. The number of hydrogen-bond acceptors (Lipinski definition) is 7. The van der Waals surface area contributed by atoms with Crippen LogP contribution in [0.15, 0.2) is 48.5 Å². The van der Waals surface area contributed by atoms with Crippen molar-refractivity contribution >= 4 is 23.9 Å². The highest BCUT2D eigenvalue weighted by Crippen LogP contribution is 2.25. The maximum atomic E-state index is 14.6. The van der Waals surface area contributed by atoms with E-state index < -0.39 is 41.6 Å². The molecule has 254 valence electrons. The molecule has 0 aliphatic heterocycles. The lowest BCUT2D eigenvalue weighted by Crippen LogP contribution is -2.54. The lowest BCUT2D eigenvalue weighted by Gasteiger charge is -2.35. The van der Waals surface area contributed by atoms with E-state index in [1.54, 1.807) is 39.8 Å². The second-order valence-electron chi connectivity index (χ2n) is 12.4. The zero-order chi connectivity index (χ0) is 34.1. The van der Waals surface area contributed by atoms with E-state index >= 15 is 0 Å². The number of hydrogen-bond donors (Lipinski definition) is 3. The second kappa shape index (κ2) is 19.4. The Labute approximate surface area is 274 Å². The number of phenolic OH excluding ortho intramolecular Hbond substituents is 1. The summed E-state index contributed by atoms with van der Waals surface area (Å²) in [6.07, 6.45) is 4.80. The predicted molar refractivity (Wildman–Crippen MR) is 178 cm³/mol. The third kappa shape index (κ3) is 13.5. The summed E-state index contributed by atoms with van der Waals surface area (Å²) in [6, 6.07) is 11.9. The zero-order valence-corrected chi connectivity index (χ0v) is 28.4. The van der Waals surface area contributed by atoms with Gasteiger partial charge in [-0.25, -0.2) is 4.79 Å². The first-order chi connectivity index (χ1) is 21.9. The molecule has 0 heterocycles. The molecular formula is C36H53N3O7. The normalized spacial score (nSPS) is 12.5. The molecule has 0 aromatic heterocycles. The Bertz CT molecular complexity index is 1240. The van der Waals surface area contributed by atoms with Crippen molar-refractivity contribution in [1.29, 1.82) is 0 Å². The Balaban J connectivity index is 2.54. The molecule has 2 unspecified atom stereocenters. The van der Waals surface area contributed by atoms with Crippen LogP contribution in [0, 0.1) is 0 Å². The molecule has 2 aromatic rings. The number of carbonyl (C=O) groups excluding carboxylic acids is 4. The predicted octanol–water partition coefficient (Wildman–Crippen LogP) is 6.00. The highest BCUT2D eigenvalue weighted by molar-refractivity contribution is 5.92. The molecule has 10 heteroatoms. The molecule has 0 saturated carbocycles. The topological polar surface area (TPSA) is 134 Å². The Hall–Kier alpha value is -4.08. The largest absolute Gasteiger partial charge is 0.508 e. The van der Waals surface area contributed by atoms with Crippen LogP contribution in [0.4, 0.5) is 4.79 Å². The van der Waals surface area contributed by atoms with Gasteiger partial charge in [0.1, 0.15) is 23.4 Å². The molecule has 0 fully saturated rings. The van der Waals surface area contributed by atoms with Crippen molar-refractivity contribution in [3.05, 3.63) is 65.2 Å². The summed E-state index contributed by atoms with van der Waals surface area (Å²) in [4.78, 5) is 55.1. The number of benzene rings is 2. The van der Waals surface area contributed by atoms with Crippen LogP contribution in [-0.2, 0) is 36.7 Å². The van der Waals surface area contributed by atoms with Crippen molar-refractivity contribution in [3.8, 4) is 5.75 Å². The average molecular weight is 640 g/mol. The summed E-state index contributed by atoms with van der Waals surface area (Å²) in [5.74, 6) is -1.22. The maximum absolute atomic E-state index is 14.6. The Kier molecular flexibility index (Phi) is 16.1. The van der Waals surface area contributed by atoms with Crippen LogP contribution in [0.3, 0.4) is 0 Å². The van der Waals surface area contributed by atoms with Gasteiger partial charge in [-0.15, -0.1) is 0 Å². The molecule has 46 heavy (non-hydrogen) atoms. The number of ether oxygens (including phenoxy) is 2. The van der Waals surface area contributed by atoms with E-state index in [9.17, 15) is 24.3 Å². The van der Waals surface area contributed by atoms with Gasteiger partial charge in [-0.1, -0.05) is 75.9 Å². The molecule has 3 N–H and O–H groups in total. The van der Waals surface area contributed by atoms with Gasteiger partial charge in [0.2, 0.25) is 11.8 Å². The molecular weight excluding hydrogens is 586 g/mol. The smallest absolute Gasteiger partial charge is 0.408 e. The summed E-state index contributed by atoms with van der Waals surface area (Å²) in [5, 5.41) is 15.4. The van der Waals surface area contributed by atoms with Gasteiger partial charge in [0.15, 0.2) is 0 Å². The highest BCUT2D eigenvalue weighted by Gasteiger charge is 2.36. The van der Waals surface area contributed by atoms with E-state index in [0.29, 0.717) is 17.5 Å². The van der Waals surface area contributed by atoms with Gasteiger partial charge in [0.05, 0.1) is 13.0 Å². The number of aromatic hydroxyl groups is 1. The number of unbranched alkanes of at least 4 members (excludes halogenated alkanes) is 4. The molecule has 0 aliphatic carbocycles. The standard InChI is InChI=1S/C36H53N3O7/c1-7-10-11-12-13-24-39(32(28-18-14-26(8-2)15-19-28)33(42)37-23-22-31(41)45-9-3)34(43)30(38-35(44)46-36(4,5)6)25-27-16-20-29(40)21-17-27/h14-21,30,32,40H,7-13,22-25H2,1-6H3,(H,37,42)(H,38,44). The number of nitrogens with one attached hydrogen (secondary N) is 2. The molecule has 0 saturated heterocycles. The van der Waals surface area contributed by atoms with E-state index in [2.05, 4.69) is 17.6 Å². The van der Waals surface area contributed by atoms with Gasteiger partial charge < -0.3 is 30.1 Å². The lowest BCUT2D eigenvalue weighted by atomic mass is 9.98. The third-order valence-electron chi connectivity index (χ3n) is 7.35. The quantitative estimate of drug-likeness (QED) is 0.135. The fraction of sp³-hybridized carbons (Fsp3) is 0.556. The zero-order valence-electron chi connectivity index (χ0n) is 28.4. The SMILES string of the molecule is CCCCCCCN(C(=O)C(Cc1ccc(O)cc1)NC(=O)OC(C)(C)C)C(C(=O)NCCC(=O)OCC)c1ccc(CC)cc1. The van der Waals surface area contributed by atoms with E-state index in [1.807, 2.05) is 31.2 Å². The summed E-state index contributed by atoms with van der Waals surface area (Å²) in [7, 11) is 0. The summed E-state index contributed by atoms with van der Waals surface area (Å²) < 4.78 is 10.5. The van der Waals surface area contributed by atoms with Crippen LogP contribution in [-0.4, -0.2) is 65.2 Å². The molecule has 0 radical (unpaired) electrons. The minimum absolute atomic E-state index is 0.00425. The second-order valence-corrected chi connectivity index (χ2v) is 12.4. The number of rotatable bonds is 18. The van der Waals surface area contributed by atoms with Crippen LogP contribution in [0.2, 0.25) is 0 Å². The molecule has 0 bridgehead atoms. The highest BCUT2D eigenvalue weighted by atomic mass is 16.6. The number of alkyl carbamates (subject to hydrolysis) is 1. The Morgan fingerprint density at radius 3 is 2.09 bits per heavy atom.